The van der Waals surface area contributed by atoms with Gasteiger partial charge in [0, 0.05) is 11.7 Å². The Morgan fingerprint density at radius 2 is 2.29 bits per heavy atom. The van der Waals surface area contributed by atoms with Crippen molar-refractivity contribution in [3.63, 3.8) is 0 Å². The Balaban J connectivity index is 2.53. The maximum absolute atomic E-state index is 10.6. The van der Waals surface area contributed by atoms with E-state index in [1.165, 1.54) is 0 Å². The van der Waals surface area contributed by atoms with Crippen LogP contribution in [0.3, 0.4) is 0 Å². The van der Waals surface area contributed by atoms with Crippen molar-refractivity contribution in [2.75, 3.05) is 0 Å². The number of carboxylic acids is 1. The number of nitrogens with one attached hydrogen (secondary N) is 1. The van der Waals surface area contributed by atoms with Crippen LogP contribution in [0.5, 0.6) is 0 Å². The van der Waals surface area contributed by atoms with Gasteiger partial charge in [0.1, 0.15) is 0 Å². The van der Waals surface area contributed by atoms with E-state index in [-0.39, 0.29) is 6.42 Å². The summed E-state index contributed by atoms with van der Waals surface area (Å²) >= 11 is 0. The van der Waals surface area contributed by atoms with E-state index in [9.17, 15) is 4.79 Å². The highest BCUT2D eigenvalue weighted by Crippen LogP contribution is 2.18. The van der Waals surface area contributed by atoms with E-state index in [4.69, 9.17) is 5.11 Å². The average molecular weight is 189 g/mol. The van der Waals surface area contributed by atoms with Crippen molar-refractivity contribution in [2.45, 2.75) is 13.3 Å². The minimum absolute atomic E-state index is 0.0841. The van der Waals surface area contributed by atoms with Crippen LogP contribution in [-0.2, 0) is 11.2 Å². The van der Waals surface area contributed by atoms with Crippen LogP contribution in [0.2, 0.25) is 0 Å². The lowest BCUT2D eigenvalue weighted by Gasteiger charge is -2.02. The van der Waals surface area contributed by atoms with Crippen molar-refractivity contribution in [1.82, 2.24) is 4.98 Å². The molecule has 0 spiro atoms. The molecule has 72 valence electrons. The Kier molecular flexibility index (Phi) is 2.00. The molecule has 1 aromatic heterocycles. The van der Waals surface area contributed by atoms with Crippen molar-refractivity contribution in [1.29, 1.82) is 0 Å². The fourth-order valence-corrected chi connectivity index (χ4v) is 1.61. The molecule has 0 amide bonds. The van der Waals surface area contributed by atoms with Gasteiger partial charge in [-0.3, -0.25) is 4.79 Å². The first kappa shape index (κ1) is 8.81. The number of carbonyl (C=O) groups is 1. The largest absolute Gasteiger partial charge is 0.481 e. The van der Waals surface area contributed by atoms with Gasteiger partial charge in [0.05, 0.1) is 6.42 Å². The SMILES string of the molecule is Cc1cc2cc[nH]c2cc1CC(=O)O. The highest BCUT2D eigenvalue weighted by Gasteiger charge is 2.05. The Morgan fingerprint density at radius 1 is 1.50 bits per heavy atom. The van der Waals surface area contributed by atoms with Crippen molar-refractivity contribution < 1.29 is 9.90 Å². The second kappa shape index (κ2) is 3.18. The molecule has 0 atom stereocenters. The second-order valence-electron chi connectivity index (χ2n) is 3.41. The Labute approximate surface area is 81.4 Å². The van der Waals surface area contributed by atoms with Crippen molar-refractivity contribution in [3.05, 3.63) is 35.5 Å². The molecule has 2 rings (SSSR count). The minimum atomic E-state index is -0.793. The smallest absolute Gasteiger partial charge is 0.307 e. The normalized spacial score (nSPS) is 10.6. The summed E-state index contributed by atoms with van der Waals surface area (Å²) in [6, 6.07) is 5.88. The van der Waals surface area contributed by atoms with Gasteiger partial charge in [-0.1, -0.05) is 0 Å². The van der Waals surface area contributed by atoms with Crippen LogP contribution in [-0.4, -0.2) is 16.1 Å². The number of rotatable bonds is 2. The molecular formula is C11H11NO2. The number of benzene rings is 1. The number of aromatic amines is 1. The van der Waals surface area contributed by atoms with Gasteiger partial charge >= 0.3 is 5.97 Å². The number of aromatic nitrogens is 1. The zero-order chi connectivity index (χ0) is 10.1. The van der Waals surface area contributed by atoms with Gasteiger partial charge in [-0.2, -0.15) is 0 Å². The minimum Gasteiger partial charge on any atom is -0.481 e. The molecular weight excluding hydrogens is 178 g/mol. The van der Waals surface area contributed by atoms with Gasteiger partial charge in [-0.25, -0.2) is 0 Å². The van der Waals surface area contributed by atoms with Crippen LogP contribution < -0.4 is 0 Å². The maximum atomic E-state index is 10.6. The summed E-state index contributed by atoms with van der Waals surface area (Å²) in [5.41, 5.74) is 2.89. The monoisotopic (exact) mass is 189 g/mol. The number of hydrogen-bond donors (Lipinski definition) is 2. The molecule has 2 aromatic rings. The first-order valence-electron chi connectivity index (χ1n) is 4.45. The molecule has 0 saturated carbocycles. The molecule has 0 aliphatic carbocycles. The van der Waals surface area contributed by atoms with Gasteiger partial charge in [-0.05, 0) is 41.6 Å². The Bertz CT molecular complexity index is 485. The van der Waals surface area contributed by atoms with E-state index in [2.05, 4.69) is 4.98 Å². The lowest BCUT2D eigenvalue weighted by atomic mass is 10.0. The van der Waals surface area contributed by atoms with E-state index in [1.807, 2.05) is 31.3 Å². The summed E-state index contributed by atoms with van der Waals surface area (Å²) in [7, 11) is 0. The van der Waals surface area contributed by atoms with Gasteiger partial charge in [0.2, 0.25) is 0 Å². The van der Waals surface area contributed by atoms with Gasteiger partial charge in [0.25, 0.3) is 0 Å². The van der Waals surface area contributed by atoms with Crippen LogP contribution in [0.15, 0.2) is 24.4 Å². The highest BCUT2D eigenvalue weighted by molar-refractivity contribution is 5.82. The fourth-order valence-electron chi connectivity index (χ4n) is 1.61. The molecule has 1 heterocycles. The Hall–Kier alpha value is -1.77. The first-order chi connectivity index (χ1) is 6.66. The molecule has 3 heteroatoms. The van der Waals surface area contributed by atoms with Gasteiger partial charge in [-0.15, -0.1) is 0 Å². The summed E-state index contributed by atoms with van der Waals surface area (Å²) in [4.78, 5) is 13.7. The standard InChI is InChI=1S/C11H11NO2/c1-7-4-8-2-3-12-10(8)5-9(7)6-11(13)14/h2-5,12H,6H2,1H3,(H,13,14). The number of aryl methyl sites for hydroxylation is 1. The van der Waals surface area contributed by atoms with Crippen LogP contribution in [0.4, 0.5) is 0 Å². The van der Waals surface area contributed by atoms with Crippen LogP contribution in [0.1, 0.15) is 11.1 Å². The van der Waals surface area contributed by atoms with Gasteiger partial charge in [0.15, 0.2) is 0 Å². The van der Waals surface area contributed by atoms with Crippen LogP contribution in [0, 0.1) is 6.92 Å². The average Bonchev–Trinajstić information content (AvgIpc) is 2.51. The maximum Gasteiger partial charge on any atom is 0.307 e. The summed E-state index contributed by atoms with van der Waals surface area (Å²) in [5, 5.41) is 9.83. The third-order valence-corrected chi connectivity index (χ3v) is 2.35. The molecule has 3 nitrogen and oxygen atoms in total. The van der Waals surface area contributed by atoms with E-state index in [0.29, 0.717) is 0 Å². The molecule has 1 aromatic carbocycles. The molecule has 0 aliphatic rings. The fraction of sp³-hybridized carbons (Fsp3) is 0.182. The molecule has 0 radical (unpaired) electrons. The highest BCUT2D eigenvalue weighted by atomic mass is 16.4. The first-order valence-corrected chi connectivity index (χ1v) is 4.45. The predicted octanol–water partition coefficient (Wildman–Crippen LogP) is 2.10. The quantitative estimate of drug-likeness (QED) is 0.760. The van der Waals surface area contributed by atoms with E-state index >= 15 is 0 Å². The zero-order valence-electron chi connectivity index (χ0n) is 7.87. The molecule has 0 aliphatic heterocycles. The number of aliphatic carboxylic acids is 1. The predicted molar refractivity (Wildman–Crippen MR) is 54.4 cm³/mol. The molecule has 0 fully saturated rings. The van der Waals surface area contributed by atoms with Crippen molar-refractivity contribution in [2.24, 2.45) is 0 Å². The summed E-state index contributed by atoms with van der Waals surface area (Å²) in [5.74, 6) is -0.793. The van der Waals surface area contributed by atoms with Crippen LogP contribution >= 0.6 is 0 Å². The number of carboxylic acid groups (broad SMARTS) is 1. The second-order valence-corrected chi connectivity index (χ2v) is 3.41. The third kappa shape index (κ3) is 1.48. The Morgan fingerprint density at radius 3 is 3.00 bits per heavy atom. The molecule has 0 bridgehead atoms. The number of fused-ring (bicyclic) bond motifs is 1. The number of hydrogen-bond acceptors (Lipinski definition) is 1. The molecule has 2 N–H and O–H groups in total. The van der Waals surface area contributed by atoms with E-state index in [1.54, 1.807) is 0 Å². The topological polar surface area (TPSA) is 53.1 Å². The lowest BCUT2D eigenvalue weighted by Crippen LogP contribution is -2.01. The van der Waals surface area contributed by atoms with Crippen molar-refractivity contribution >= 4 is 16.9 Å². The summed E-state index contributed by atoms with van der Waals surface area (Å²) in [6.45, 7) is 1.94. The van der Waals surface area contributed by atoms with E-state index in [0.717, 1.165) is 22.0 Å². The molecule has 14 heavy (non-hydrogen) atoms. The van der Waals surface area contributed by atoms with Gasteiger partial charge < -0.3 is 10.1 Å². The van der Waals surface area contributed by atoms with Crippen LogP contribution in [0.25, 0.3) is 10.9 Å². The third-order valence-electron chi connectivity index (χ3n) is 2.35. The molecule has 0 unspecified atom stereocenters. The molecule has 0 saturated heterocycles. The number of H-pyrrole nitrogens is 1. The van der Waals surface area contributed by atoms with Crippen molar-refractivity contribution in [3.8, 4) is 0 Å². The van der Waals surface area contributed by atoms with E-state index < -0.39 is 5.97 Å². The zero-order valence-corrected chi connectivity index (χ0v) is 7.87. The summed E-state index contributed by atoms with van der Waals surface area (Å²) in [6.07, 6.45) is 1.94. The lowest BCUT2D eigenvalue weighted by molar-refractivity contribution is -0.136. The summed E-state index contributed by atoms with van der Waals surface area (Å²) < 4.78 is 0.